The van der Waals surface area contributed by atoms with Crippen molar-refractivity contribution in [2.75, 3.05) is 0 Å². The summed E-state index contributed by atoms with van der Waals surface area (Å²) in [5.74, 6) is 0. The largest absolute Gasteiger partial charge is 2.00 e. The Labute approximate surface area is 194 Å². The number of hydrogen-bond acceptors (Lipinski definition) is 0. The van der Waals surface area contributed by atoms with Gasteiger partial charge in [0.1, 0.15) is 0 Å². The van der Waals surface area contributed by atoms with Gasteiger partial charge in [-0.25, -0.2) is 0 Å². The standard InChI is InChI=1S/2C6H11.2C6H5.2Cu.2H2O/c4*1-2-4-6-5-3-1;;;;/h2*1H,2-6H2;2*1-5H;;;2*1H2/q4*-1;2*+2;;. The van der Waals surface area contributed by atoms with Gasteiger partial charge in [0.15, 0.2) is 0 Å². The quantitative estimate of drug-likeness (QED) is 0.344. The van der Waals surface area contributed by atoms with Gasteiger partial charge in [0.05, 0.1) is 0 Å². The third kappa shape index (κ3) is 27.6. The molecule has 0 saturated heterocycles. The molecule has 166 valence electrons. The molecule has 4 N–H and O–H groups in total. The first kappa shape index (κ1) is 34.9. The summed E-state index contributed by atoms with van der Waals surface area (Å²) >= 11 is 0. The Hall–Kier alpha value is -0.601. The maximum Gasteiger partial charge on any atom is 2.00 e. The van der Waals surface area contributed by atoms with Gasteiger partial charge in [-0.1, -0.05) is 38.5 Å². The van der Waals surface area contributed by atoms with Crippen LogP contribution in [0.25, 0.3) is 0 Å². The van der Waals surface area contributed by atoms with Crippen LogP contribution in [0.5, 0.6) is 0 Å². The minimum Gasteiger partial charge on any atom is -0.412 e. The van der Waals surface area contributed by atoms with Crippen LogP contribution in [0.1, 0.15) is 64.2 Å². The van der Waals surface area contributed by atoms with Gasteiger partial charge in [0.25, 0.3) is 0 Å². The molecule has 28 heavy (non-hydrogen) atoms. The van der Waals surface area contributed by atoms with Gasteiger partial charge in [0.2, 0.25) is 0 Å². The maximum atomic E-state index is 2.89. The molecule has 0 bridgehead atoms. The molecule has 0 heterocycles. The Morgan fingerprint density at radius 2 is 0.714 bits per heavy atom. The third-order valence-electron chi connectivity index (χ3n) is 3.85. The molecule has 0 spiro atoms. The van der Waals surface area contributed by atoms with E-state index in [-0.39, 0.29) is 45.1 Å². The summed E-state index contributed by atoms with van der Waals surface area (Å²) in [6.45, 7) is 0. The summed E-state index contributed by atoms with van der Waals surface area (Å²) in [5, 5.41) is 0. The van der Waals surface area contributed by atoms with Crippen LogP contribution < -0.4 is 0 Å². The van der Waals surface area contributed by atoms with Crippen molar-refractivity contribution in [3.8, 4) is 0 Å². The van der Waals surface area contributed by atoms with Gasteiger partial charge in [-0.05, 0) is 0 Å². The average Bonchev–Trinajstić information content (AvgIpc) is 2.75. The Morgan fingerprint density at radius 1 is 0.429 bits per heavy atom. The van der Waals surface area contributed by atoms with Crippen molar-refractivity contribution in [1.29, 1.82) is 0 Å². The Kier molecular flexibility index (Phi) is 38.7. The number of hydrogen-bond donors (Lipinski definition) is 0. The molecule has 2 aromatic rings. The number of rotatable bonds is 0. The minimum absolute atomic E-state index is 0. The molecule has 0 aromatic heterocycles. The van der Waals surface area contributed by atoms with Crippen LogP contribution in [0.3, 0.4) is 0 Å². The van der Waals surface area contributed by atoms with E-state index in [0.29, 0.717) is 0 Å². The summed E-state index contributed by atoms with van der Waals surface area (Å²) in [6, 6.07) is 25.0. The van der Waals surface area contributed by atoms with Crippen molar-refractivity contribution in [3.63, 3.8) is 0 Å². The first-order chi connectivity index (χ1) is 12.0. The first-order valence-electron chi connectivity index (χ1n) is 9.45. The fourth-order valence-electron chi connectivity index (χ4n) is 2.48. The molecule has 2 aromatic carbocycles. The molecule has 4 rings (SSSR count). The molecule has 0 amide bonds. The summed E-state index contributed by atoms with van der Waals surface area (Å²) in [4.78, 5) is 0. The van der Waals surface area contributed by atoms with Gasteiger partial charge < -0.3 is 23.8 Å². The summed E-state index contributed by atoms with van der Waals surface area (Å²) < 4.78 is 0. The maximum absolute atomic E-state index is 2.89. The molecule has 2 fully saturated rings. The summed E-state index contributed by atoms with van der Waals surface area (Å²) in [6.07, 6.45) is 19.0. The minimum atomic E-state index is 0. The van der Waals surface area contributed by atoms with E-state index in [9.17, 15) is 0 Å². The fraction of sp³-hybridized carbons (Fsp3) is 0.417. The second kappa shape index (κ2) is 31.1. The van der Waals surface area contributed by atoms with Crippen molar-refractivity contribution >= 4 is 0 Å². The van der Waals surface area contributed by atoms with E-state index < -0.39 is 0 Å². The summed E-state index contributed by atoms with van der Waals surface area (Å²) in [5.41, 5.74) is 0. The predicted octanol–water partition coefficient (Wildman–Crippen LogP) is 5.63. The normalized spacial score (nSPS) is 13.7. The van der Waals surface area contributed by atoms with Crippen molar-refractivity contribution in [1.82, 2.24) is 0 Å². The van der Waals surface area contributed by atoms with Crippen molar-refractivity contribution in [3.05, 3.63) is 85.6 Å². The fourth-order valence-corrected chi connectivity index (χ4v) is 2.48. The topological polar surface area (TPSA) is 63.0 Å². The van der Waals surface area contributed by atoms with Crippen LogP contribution >= 0.6 is 0 Å². The van der Waals surface area contributed by atoms with Crippen LogP contribution in [0.15, 0.2) is 60.7 Å². The van der Waals surface area contributed by atoms with Crippen LogP contribution in [0, 0.1) is 25.0 Å². The second-order valence-electron chi connectivity index (χ2n) is 6.01. The van der Waals surface area contributed by atoms with E-state index in [2.05, 4.69) is 25.0 Å². The molecule has 2 saturated carbocycles. The van der Waals surface area contributed by atoms with Gasteiger partial charge >= 0.3 is 34.1 Å². The molecule has 2 radical (unpaired) electrons. The van der Waals surface area contributed by atoms with Crippen LogP contribution in [-0.4, -0.2) is 11.0 Å². The zero-order valence-corrected chi connectivity index (χ0v) is 18.5. The molecule has 2 aliphatic carbocycles. The van der Waals surface area contributed by atoms with E-state index in [1.54, 1.807) is 0 Å². The monoisotopic (exact) mass is 482 g/mol. The molecular weight excluding hydrogens is 447 g/mol. The zero-order chi connectivity index (χ0) is 17.0. The molecule has 0 unspecified atom stereocenters. The van der Waals surface area contributed by atoms with Gasteiger partial charge in [-0.2, -0.15) is 98.5 Å². The van der Waals surface area contributed by atoms with Crippen LogP contribution in [0.2, 0.25) is 0 Å². The van der Waals surface area contributed by atoms with Crippen molar-refractivity contribution < 1.29 is 45.1 Å². The van der Waals surface area contributed by atoms with Gasteiger partial charge in [0, 0.05) is 0 Å². The molecule has 0 aliphatic heterocycles. The average molecular weight is 484 g/mol. The molecule has 0 atom stereocenters. The molecule has 2 aliphatic rings. The number of benzene rings is 2. The van der Waals surface area contributed by atoms with E-state index in [4.69, 9.17) is 0 Å². The molecule has 4 heteroatoms. The van der Waals surface area contributed by atoms with Gasteiger partial charge in [-0.3, -0.25) is 0 Å². The SMILES string of the molecule is O.O.[CH-]1CCCCC1.[CH-]1CCCCC1.[Cu+2].[Cu+2].[c-]1ccccc1.[c-]1ccccc1. The van der Waals surface area contributed by atoms with E-state index in [0.717, 1.165) is 0 Å². The molecular formula is C24H36Cu2O2. The predicted molar refractivity (Wildman–Crippen MR) is 113 cm³/mol. The summed E-state index contributed by atoms with van der Waals surface area (Å²) in [7, 11) is 0. The second-order valence-corrected chi connectivity index (χ2v) is 6.01. The van der Waals surface area contributed by atoms with Gasteiger partial charge in [-0.15, -0.1) is 0 Å². The van der Waals surface area contributed by atoms with E-state index in [1.807, 2.05) is 60.7 Å². The molecule has 2 nitrogen and oxygen atoms in total. The smallest absolute Gasteiger partial charge is 0.412 e. The van der Waals surface area contributed by atoms with Crippen LogP contribution in [-0.2, 0) is 34.1 Å². The third-order valence-corrected chi connectivity index (χ3v) is 3.85. The van der Waals surface area contributed by atoms with E-state index in [1.165, 1.54) is 64.2 Å². The Morgan fingerprint density at radius 3 is 0.786 bits per heavy atom. The van der Waals surface area contributed by atoms with Crippen molar-refractivity contribution in [2.24, 2.45) is 0 Å². The zero-order valence-electron chi connectivity index (χ0n) is 16.6. The Balaban J connectivity index is -0.000000131. The van der Waals surface area contributed by atoms with Crippen LogP contribution in [0.4, 0.5) is 0 Å². The van der Waals surface area contributed by atoms with Crippen molar-refractivity contribution in [2.45, 2.75) is 64.2 Å². The Bertz CT molecular complexity index is 313. The first-order valence-corrected chi connectivity index (χ1v) is 9.45. The van der Waals surface area contributed by atoms with E-state index >= 15 is 0 Å².